The smallest absolute Gasteiger partial charge is 0.451 e. The third-order valence-electron chi connectivity index (χ3n) is 4.11. The lowest BCUT2D eigenvalue weighted by Crippen LogP contribution is -2.54. The lowest BCUT2D eigenvalue weighted by atomic mass is 9.79. The Morgan fingerprint density at radius 3 is 2.79 bits per heavy atom. The maximum atomic E-state index is 11.4. The van der Waals surface area contributed by atoms with Gasteiger partial charge in [0.15, 0.2) is 0 Å². The van der Waals surface area contributed by atoms with Crippen LogP contribution in [0, 0.1) is 0 Å². The zero-order chi connectivity index (χ0) is 14.1. The van der Waals surface area contributed by atoms with Gasteiger partial charge in [0.25, 0.3) is 0 Å². The number of nitrogens with one attached hydrogen (secondary N) is 1. The van der Waals surface area contributed by atoms with E-state index in [0.29, 0.717) is 25.8 Å². The minimum absolute atomic E-state index is 0.195. The monoisotopic (exact) mass is 272 g/mol. The zero-order valence-corrected chi connectivity index (χ0v) is 10.8. The standard InChI is InChI=1S/C11H21BN2O5/c13-11(9(15)16)6-10(3-5-14-7-10)19-8(11)2-1-4-12(17)18/h8,14,17-18H,1-7,13H2,(H,15,16). The molecule has 0 aliphatic carbocycles. The van der Waals surface area contributed by atoms with E-state index >= 15 is 0 Å². The van der Waals surface area contributed by atoms with Gasteiger partial charge in [0, 0.05) is 13.0 Å². The van der Waals surface area contributed by atoms with Crippen molar-refractivity contribution in [3.05, 3.63) is 0 Å². The van der Waals surface area contributed by atoms with Crippen LogP contribution in [0.3, 0.4) is 0 Å². The molecular formula is C11H21BN2O5. The molecule has 108 valence electrons. The van der Waals surface area contributed by atoms with Gasteiger partial charge in [-0.1, -0.05) is 6.42 Å². The number of carboxylic acids is 1. The lowest BCUT2D eigenvalue weighted by molar-refractivity contribution is -0.145. The van der Waals surface area contributed by atoms with Crippen LogP contribution in [-0.2, 0) is 9.53 Å². The van der Waals surface area contributed by atoms with Gasteiger partial charge in [0.2, 0.25) is 0 Å². The molecule has 2 aliphatic rings. The highest BCUT2D eigenvalue weighted by atomic mass is 16.5. The third kappa shape index (κ3) is 2.92. The van der Waals surface area contributed by atoms with E-state index in [0.717, 1.165) is 13.0 Å². The molecule has 8 heteroatoms. The van der Waals surface area contributed by atoms with E-state index in [9.17, 15) is 9.90 Å². The summed E-state index contributed by atoms with van der Waals surface area (Å²) >= 11 is 0. The highest BCUT2D eigenvalue weighted by Gasteiger charge is 2.58. The molecule has 2 fully saturated rings. The van der Waals surface area contributed by atoms with Crippen LogP contribution in [-0.4, -0.2) is 58.6 Å². The Morgan fingerprint density at radius 2 is 2.26 bits per heavy atom. The maximum absolute atomic E-state index is 11.4. The van der Waals surface area contributed by atoms with Crippen LogP contribution in [0.1, 0.15) is 25.7 Å². The third-order valence-corrected chi connectivity index (χ3v) is 4.11. The molecule has 19 heavy (non-hydrogen) atoms. The number of rotatable bonds is 5. The molecule has 6 N–H and O–H groups in total. The summed E-state index contributed by atoms with van der Waals surface area (Å²) in [6.07, 6.45) is 1.57. The normalized spacial score (nSPS) is 37.9. The number of hydrogen-bond acceptors (Lipinski definition) is 6. The summed E-state index contributed by atoms with van der Waals surface area (Å²) < 4.78 is 5.94. The zero-order valence-electron chi connectivity index (χ0n) is 10.8. The van der Waals surface area contributed by atoms with Crippen molar-refractivity contribution in [2.75, 3.05) is 13.1 Å². The Morgan fingerprint density at radius 1 is 1.53 bits per heavy atom. The van der Waals surface area contributed by atoms with Gasteiger partial charge in [-0.05, 0) is 25.7 Å². The average molecular weight is 272 g/mol. The minimum atomic E-state index is -1.38. The first-order chi connectivity index (χ1) is 8.88. The molecule has 3 unspecified atom stereocenters. The molecule has 0 aromatic carbocycles. The SMILES string of the molecule is NC1(C(=O)O)CC2(CCNC2)OC1CCCB(O)O. The van der Waals surface area contributed by atoms with Crippen molar-refractivity contribution in [1.29, 1.82) is 0 Å². The highest BCUT2D eigenvalue weighted by Crippen LogP contribution is 2.42. The summed E-state index contributed by atoms with van der Waals surface area (Å²) in [7, 11) is -1.37. The van der Waals surface area contributed by atoms with E-state index in [1.165, 1.54) is 0 Å². The number of hydrogen-bond donors (Lipinski definition) is 5. The molecule has 2 rings (SSSR count). The van der Waals surface area contributed by atoms with Gasteiger partial charge >= 0.3 is 13.1 Å². The first-order valence-corrected chi connectivity index (χ1v) is 6.65. The van der Waals surface area contributed by atoms with E-state index in [4.69, 9.17) is 20.5 Å². The predicted molar refractivity (Wildman–Crippen MR) is 68.5 cm³/mol. The van der Waals surface area contributed by atoms with Gasteiger partial charge < -0.3 is 30.9 Å². The van der Waals surface area contributed by atoms with E-state index in [-0.39, 0.29) is 6.32 Å². The molecule has 0 amide bonds. The summed E-state index contributed by atoms with van der Waals surface area (Å²) in [5.41, 5.74) is 4.18. The Labute approximate surface area is 112 Å². The number of nitrogens with two attached hydrogens (primary N) is 1. The number of carbonyl (C=O) groups is 1. The summed E-state index contributed by atoms with van der Waals surface area (Å²) in [5, 5.41) is 30.2. The lowest BCUT2D eigenvalue weighted by Gasteiger charge is -2.24. The molecule has 1 spiro atoms. The van der Waals surface area contributed by atoms with Crippen molar-refractivity contribution in [2.24, 2.45) is 5.73 Å². The molecule has 7 nitrogen and oxygen atoms in total. The second kappa shape index (κ2) is 5.38. The van der Waals surface area contributed by atoms with Crippen LogP contribution in [0.2, 0.25) is 6.32 Å². The van der Waals surface area contributed by atoms with Crippen LogP contribution in [0.5, 0.6) is 0 Å². The van der Waals surface area contributed by atoms with Crippen molar-refractivity contribution in [2.45, 2.75) is 49.2 Å². The fraction of sp³-hybridized carbons (Fsp3) is 0.909. The molecule has 0 bridgehead atoms. The quantitative estimate of drug-likeness (QED) is 0.387. The van der Waals surface area contributed by atoms with Crippen LogP contribution in [0.4, 0.5) is 0 Å². The topological polar surface area (TPSA) is 125 Å². The summed E-state index contributed by atoms with van der Waals surface area (Å²) in [4.78, 5) is 11.4. The predicted octanol–water partition coefficient (Wildman–Crippen LogP) is -1.46. The van der Waals surface area contributed by atoms with Crippen molar-refractivity contribution in [1.82, 2.24) is 5.32 Å². The maximum Gasteiger partial charge on any atom is 0.451 e. The van der Waals surface area contributed by atoms with Crippen LogP contribution >= 0.6 is 0 Å². The Balaban J connectivity index is 2.04. The van der Waals surface area contributed by atoms with E-state index < -0.39 is 30.3 Å². The Kier molecular flexibility index (Phi) is 4.17. The number of ether oxygens (including phenoxy) is 1. The summed E-state index contributed by atoms with van der Waals surface area (Å²) in [5.74, 6) is -1.05. The molecule has 2 aliphatic heterocycles. The molecule has 0 saturated carbocycles. The van der Waals surface area contributed by atoms with E-state index in [1.54, 1.807) is 0 Å². The van der Waals surface area contributed by atoms with Crippen molar-refractivity contribution < 1.29 is 24.7 Å². The second-order valence-electron chi connectivity index (χ2n) is 5.65. The fourth-order valence-electron chi connectivity index (χ4n) is 3.08. The molecule has 0 radical (unpaired) electrons. The molecule has 0 aromatic heterocycles. The van der Waals surface area contributed by atoms with Gasteiger partial charge in [-0.25, -0.2) is 0 Å². The van der Waals surface area contributed by atoms with Gasteiger partial charge in [0.1, 0.15) is 5.54 Å². The molecular weight excluding hydrogens is 251 g/mol. The highest BCUT2D eigenvalue weighted by molar-refractivity contribution is 6.40. The van der Waals surface area contributed by atoms with Crippen molar-refractivity contribution in [3.8, 4) is 0 Å². The Bertz CT molecular complexity index is 348. The second-order valence-corrected chi connectivity index (χ2v) is 5.65. The van der Waals surface area contributed by atoms with E-state index in [2.05, 4.69) is 5.32 Å². The first kappa shape index (κ1) is 14.7. The van der Waals surface area contributed by atoms with Gasteiger partial charge in [-0.2, -0.15) is 0 Å². The summed E-state index contributed by atoms with van der Waals surface area (Å²) in [6.45, 7) is 1.43. The van der Waals surface area contributed by atoms with Crippen LogP contribution in [0.25, 0.3) is 0 Å². The summed E-state index contributed by atoms with van der Waals surface area (Å²) in [6, 6.07) is 0. The van der Waals surface area contributed by atoms with Crippen molar-refractivity contribution >= 4 is 13.1 Å². The molecule has 2 saturated heterocycles. The number of aliphatic carboxylic acids is 1. The van der Waals surface area contributed by atoms with Gasteiger partial charge in [-0.15, -0.1) is 0 Å². The average Bonchev–Trinajstić information content (AvgIpc) is 2.86. The minimum Gasteiger partial charge on any atom is -0.480 e. The molecule has 0 aromatic rings. The molecule has 3 atom stereocenters. The van der Waals surface area contributed by atoms with Crippen LogP contribution in [0.15, 0.2) is 0 Å². The van der Waals surface area contributed by atoms with Crippen molar-refractivity contribution in [3.63, 3.8) is 0 Å². The van der Waals surface area contributed by atoms with Gasteiger partial charge in [-0.3, -0.25) is 4.79 Å². The molecule has 2 heterocycles. The fourth-order valence-corrected chi connectivity index (χ4v) is 3.08. The van der Waals surface area contributed by atoms with E-state index in [1.807, 2.05) is 0 Å². The largest absolute Gasteiger partial charge is 0.480 e. The van der Waals surface area contributed by atoms with Crippen LogP contribution < -0.4 is 11.1 Å². The first-order valence-electron chi connectivity index (χ1n) is 6.65. The number of carboxylic acid groups (broad SMARTS) is 1. The Hall–Kier alpha value is -0.665. The van der Waals surface area contributed by atoms with Gasteiger partial charge in [0.05, 0.1) is 11.7 Å².